The SMILES string of the molecule is [CH2]CCCCCCCCCOOC(=O)c1cccc(OC)c1OC. The summed E-state index contributed by atoms with van der Waals surface area (Å²) in [5.74, 6) is 0.237. The van der Waals surface area contributed by atoms with Gasteiger partial charge in [-0.3, -0.25) is 4.89 Å². The smallest absolute Gasteiger partial charge is 0.376 e. The lowest BCUT2D eigenvalue weighted by atomic mass is 10.1. The fraction of sp³-hybridized carbons (Fsp3) is 0.579. The van der Waals surface area contributed by atoms with E-state index in [2.05, 4.69) is 6.92 Å². The Morgan fingerprint density at radius 3 is 2.25 bits per heavy atom. The van der Waals surface area contributed by atoms with E-state index in [9.17, 15) is 4.79 Å². The van der Waals surface area contributed by atoms with E-state index in [-0.39, 0.29) is 5.56 Å². The van der Waals surface area contributed by atoms with E-state index in [1.807, 2.05) is 0 Å². The van der Waals surface area contributed by atoms with Crippen LogP contribution in [0.5, 0.6) is 11.5 Å². The van der Waals surface area contributed by atoms with Gasteiger partial charge in [0, 0.05) is 0 Å². The van der Waals surface area contributed by atoms with Gasteiger partial charge in [0.25, 0.3) is 0 Å². The van der Waals surface area contributed by atoms with Gasteiger partial charge in [-0.05, 0) is 18.6 Å². The average molecular weight is 337 g/mol. The molecule has 0 saturated heterocycles. The second-order valence-corrected chi connectivity index (χ2v) is 5.56. The van der Waals surface area contributed by atoms with Crippen molar-refractivity contribution in [2.45, 2.75) is 51.4 Å². The van der Waals surface area contributed by atoms with Crippen LogP contribution in [0.1, 0.15) is 61.7 Å². The Balaban J connectivity index is 2.21. The van der Waals surface area contributed by atoms with Gasteiger partial charge in [0.1, 0.15) is 5.56 Å². The van der Waals surface area contributed by atoms with Crippen molar-refractivity contribution < 1.29 is 24.0 Å². The van der Waals surface area contributed by atoms with Gasteiger partial charge in [0.15, 0.2) is 11.5 Å². The first kappa shape index (κ1) is 20.3. The predicted molar refractivity (Wildman–Crippen MR) is 93.2 cm³/mol. The van der Waals surface area contributed by atoms with Gasteiger partial charge in [0.05, 0.1) is 20.8 Å². The molecule has 0 atom stereocenters. The number of benzene rings is 1. The van der Waals surface area contributed by atoms with Crippen molar-refractivity contribution >= 4 is 5.97 Å². The highest BCUT2D eigenvalue weighted by molar-refractivity contribution is 5.93. The first-order valence-corrected chi connectivity index (χ1v) is 8.58. The van der Waals surface area contributed by atoms with Crippen LogP contribution in [0.25, 0.3) is 0 Å². The number of hydrogen-bond donors (Lipinski definition) is 0. The monoisotopic (exact) mass is 337 g/mol. The molecule has 1 radical (unpaired) electrons. The van der Waals surface area contributed by atoms with Crippen molar-refractivity contribution in [2.75, 3.05) is 20.8 Å². The molecular formula is C19H29O5. The van der Waals surface area contributed by atoms with E-state index in [1.165, 1.54) is 46.3 Å². The van der Waals surface area contributed by atoms with E-state index in [1.54, 1.807) is 18.2 Å². The molecule has 0 amide bonds. The summed E-state index contributed by atoms with van der Waals surface area (Å²) in [6.07, 6.45) is 9.13. The number of carbonyl (C=O) groups is 1. The fourth-order valence-corrected chi connectivity index (χ4v) is 2.41. The summed E-state index contributed by atoms with van der Waals surface area (Å²) in [7, 11) is 3.00. The Morgan fingerprint density at radius 2 is 1.62 bits per heavy atom. The zero-order chi connectivity index (χ0) is 17.6. The molecule has 0 fully saturated rings. The Hall–Kier alpha value is -1.75. The van der Waals surface area contributed by atoms with Crippen molar-refractivity contribution in [1.82, 2.24) is 0 Å². The lowest BCUT2D eigenvalue weighted by molar-refractivity contribution is -0.241. The molecule has 1 aromatic rings. The second kappa shape index (κ2) is 12.6. The number of para-hydroxylation sites is 1. The lowest BCUT2D eigenvalue weighted by Crippen LogP contribution is -2.09. The molecule has 0 aromatic heterocycles. The third kappa shape index (κ3) is 7.21. The molecule has 0 aliphatic rings. The minimum Gasteiger partial charge on any atom is -0.493 e. The Bertz CT molecular complexity index is 473. The highest BCUT2D eigenvalue weighted by atomic mass is 17.2. The zero-order valence-corrected chi connectivity index (χ0v) is 14.8. The first-order valence-electron chi connectivity index (χ1n) is 8.58. The summed E-state index contributed by atoms with van der Waals surface area (Å²) in [5, 5.41) is 0. The number of rotatable bonds is 13. The summed E-state index contributed by atoms with van der Waals surface area (Å²) < 4.78 is 10.4. The molecule has 0 unspecified atom stereocenters. The van der Waals surface area contributed by atoms with Gasteiger partial charge >= 0.3 is 5.97 Å². The highest BCUT2D eigenvalue weighted by Crippen LogP contribution is 2.31. The molecule has 5 nitrogen and oxygen atoms in total. The standard InChI is InChI=1S/C19H29O5/c1-4-5-6-7-8-9-10-11-15-23-24-19(20)16-13-12-14-17(21-2)18(16)22-3/h12-14H,1,4-11,15H2,2-3H3. The molecule has 1 aromatic carbocycles. The van der Waals surface area contributed by atoms with Crippen LogP contribution in [-0.2, 0) is 9.78 Å². The molecular weight excluding hydrogens is 308 g/mol. The van der Waals surface area contributed by atoms with Crippen LogP contribution in [0.15, 0.2) is 18.2 Å². The minimum absolute atomic E-state index is 0.280. The van der Waals surface area contributed by atoms with E-state index in [4.69, 9.17) is 19.2 Å². The third-order valence-corrected chi connectivity index (χ3v) is 3.74. The quantitative estimate of drug-likeness (QED) is 0.295. The molecule has 135 valence electrons. The Morgan fingerprint density at radius 1 is 0.958 bits per heavy atom. The predicted octanol–water partition coefficient (Wildman–Crippen LogP) is 4.75. The van der Waals surface area contributed by atoms with Gasteiger partial charge in [0.2, 0.25) is 0 Å². The summed E-state index contributed by atoms with van der Waals surface area (Å²) in [6.45, 7) is 4.24. The molecule has 0 aliphatic heterocycles. The molecule has 1 rings (SSSR count). The van der Waals surface area contributed by atoms with Crippen LogP contribution in [0.4, 0.5) is 0 Å². The average Bonchev–Trinajstić information content (AvgIpc) is 2.62. The Labute approximate surface area is 145 Å². The zero-order valence-electron chi connectivity index (χ0n) is 14.8. The van der Waals surface area contributed by atoms with Crippen LogP contribution >= 0.6 is 0 Å². The van der Waals surface area contributed by atoms with Crippen LogP contribution in [0.2, 0.25) is 0 Å². The van der Waals surface area contributed by atoms with Gasteiger partial charge in [-0.2, -0.15) is 4.89 Å². The van der Waals surface area contributed by atoms with Crippen LogP contribution in [0, 0.1) is 6.92 Å². The van der Waals surface area contributed by atoms with Crippen molar-refractivity contribution in [3.63, 3.8) is 0 Å². The van der Waals surface area contributed by atoms with E-state index < -0.39 is 5.97 Å². The van der Waals surface area contributed by atoms with Crippen molar-refractivity contribution in [2.24, 2.45) is 0 Å². The normalized spacial score (nSPS) is 10.5. The molecule has 24 heavy (non-hydrogen) atoms. The maximum atomic E-state index is 12.0. The number of hydrogen-bond acceptors (Lipinski definition) is 5. The van der Waals surface area contributed by atoms with Gasteiger partial charge in [-0.25, -0.2) is 4.79 Å². The summed E-state index contributed by atoms with van der Waals surface area (Å²) in [4.78, 5) is 21.9. The summed E-state index contributed by atoms with van der Waals surface area (Å²) in [6, 6.07) is 5.03. The number of ether oxygens (including phenoxy) is 2. The van der Waals surface area contributed by atoms with Crippen molar-refractivity contribution in [3.05, 3.63) is 30.7 Å². The molecule has 0 N–H and O–H groups in total. The molecule has 0 bridgehead atoms. The van der Waals surface area contributed by atoms with Gasteiger partial charge in [-0.1, -0.05) is 57.9 Å². The fourth-order valence-electron chi connectivity index (χ4n) is 2.41. The van der Waals surface area contributed by atoms with Gasteiger partial charge < -0.3 is 9.47 Å². The molecule has 0 spiro atoms. The lowest BCUT2D eigenvalue weighted by Gasteiger charge is -2.11. The van der Waals surface area contributed by atoms with Crippen molar-refractivity contribution in [1.29, 1.82) is 0 Å². The number of unbranched alkanes of at least 4 members (excludes halogenated alkanes) is 7. The van der Waals surface area contributed by atoms with Crippen molar-refractivity contribution in [3.8, 4) is 11.5 Å². The third-order valence-electron chi connectivity index (χ3n) is 3.74. The number of carbonyl (C=O) groups excluding carboxylic acids is 1. The van der Waals surface area contributed by atoms with E-state index in [0.29, 0.717) is 18.1 Å². The molecule has 0 heterocycles. The Kier molecular flexibility index (Phi) is 10.7. The second-order valence-electron chi connectivity index (χ2n) is 5.56. The molecule has 0 saturated carbocycles. The largest absolute Gasteiger partial charge is 0.493 e. The minimum atomic E-state index is -0.584. The summed E-state index contributed by atoms with van der Waals surface area (Å²) in [5.41, 5.74) is 0.280. The van der Waals surface area contributed by atoms with Gasteiger partial charge in [-0.15, -0.1) is 0 Å². The number of methoxy groups -OCH3 is 2. The topological polar surface area (TPSA) is 54.0 Å². The van der Waals surface area contributed by atoms with E-state index in [0.717, 1.165) is 19.3 Å². The van der Waals surface area contributed by atoms with Crippen LogP contribution < -0.4 is 9.47 Å². The van der Waals surface area contributed by atoms with Crippen LogP contribution in [-0.4, -0.2) is 26.8 Å². The van der Waals surface area contributed by atoms with Crippen LogP contribution in [0.3, 0.4) is 0 Å². The molecule has 0 aliphatic carbocycles. The summed E-state index contributed by atoms with van der Waals surface area (Å²) >= 11 is 0. The first-order chi connectivity index (χ1) is 11.7. The highest BCUT2D eigenvalue weighted by Gasteiger charge is 2.18. The maximum Gasteiger partial charge on any atom is 0.376 e. The maximum absolute atomic E-state index is 12.0. The van der Waals surface area contributed by atoms with E-state index >= 15 is 0 Å². The molecule has 5 heteroatoms.